The van der Waals surface area contributed by atoms with Crippen LogP contribution in [0.3, 0.4) is 0 Å². The molecule has 1 aliphatic carbocycles. The molecule has 0 aromatic carbocycles. The molecule has 0 aromatic rings. The lowest BCUT2D eigenvalue weighted by molar-refractivity contribution is 0.0498. The maximum Gasteiger partial charge on any atom is 0.407 e. The highest BCUT2D eigenvalue weighted by atomic mass is 16.6. The second kappa shape index (κ2) is 7.45. The van der Waals surface area contributed by atoms with E-state index in [1.54, 1.807) is 0 Å². The van der Waals surface area contributed by atoms with Crippen molar-refractivity contribution >= 4 is 6.09 Å². The number of ether oxygens (including phenoxy) is 1. The predicted molar refractivity (Wildman–Crippen MR) is 86.6 cm³/mol. The fourth-order valence-corrected chi connectivity index (χ4v) is 2.53. The second-order valence-electron chi connectivity index (χ2n) is 7.92. The van der Waals surface area contributed by atoms with E-state index in [-0.39, 0.29) is 17.7 Å². The molecule has 0 heterocycles. The summed E-state index contributed by atoms with van der Waals surface area (Å²) in [5, 5.41) is 10.00. The Kier molecular flexibility index (Phi) is 6.47. The molecule has 1 saturated carbocycles. The fourth-order valence-electron chi connectivity index (χ4n) is 2.53. The van der Waals surface area contributed by atoms with Crippen LogP contribution in [-0.2, 0) is 4.74 Å². The van der Waals surface area contributed by atoms with Gasteiger partial charge < -0.3 is 20.7 Å². The fraction of sp³-hybridized carbons (Fsp3) is 0.938. The molecular formula is C16H33N3O2. The summed E-state index contributed by atoms with van der Waals surface area (Å²) in [5.74, 6) is 0. The summed E-state index contributed by atoms with van der Waals surface area (Å²) in [6.45, 7) is 14.0. The van der Waals surface area contributed by atoms with Crippen molar-refractivity contribution in [2.45, 2.75) is 84.0 Å². The minimum Gasteiger partial charge on any atom is -0.444 e. The van der Waals surface area contributed by atoms with E-state index in [4.69, 9.17) is 4.74 Å². The van der Waals surface area contributed by atoms with Gasteiger partial charge in [-0.15, -0.1) is 0 Å². The van der Waals surface area contributed by atoms with Crippen molar-refractivity contribution in [1.82, 2.24) is 16.0 Å². The Morgan fingerprint density at radius 1 is 1.05 bits per heavy atom. The van der Waals surface area contributed by atoms with Crippen LogP contribution in [0.2, 0.25) is 0 Å². The first-order valence-corrected chi connectivity index (χ1v) is 8.05. The van der Waals surface area contributed by atoms with Crippen LogP contribution in [0.25, 0.3) is 0 Å². The lowest BCUT2D eigenvalue weighted by Gasteiger charge is -2.26. The Balaban J connectivity index is 2.30. The van der Waals surface area contributed by atoms with Gasteiger partial charge in [-0.1, -0.05) is 0 Å². The molecule has 5 nitrogen and oxygen atoms in total. The number of amides is 1. The first-order chi connectivity index (χ1) is 9.57. The van der Waals surface area contributed by atoms with E-state index in [2.05, 4.69) is 36.7 Å². The van der Waals surface area contributed by atoms with Gasteiger partial charge in [0, 0.05) is 30.7 Å². The van der Waals surface area contributed by atoms with Gasteiger partial charge in [-0.05, 0) is 60.8 Å². The second-order valence-corrected chi connectivity index (χ2v) is 7.92. The monoisotopic (exact) mass is 299 g/mol. The first-order valence-electron chi connectivity index (χ1n) is 8.05. The van der Waals surface area contributed by atoms with Crippen molar-refractivity contribution in [3.63, 3.8) is 0 Å². The highest BCUT2D eigenvalue weighted by molar-refractivity contribution is 5.68. The Morgan fingerprint density at radius 3 is 2.24 bits per heavy atom. The molecule has 0 spiro atoms. The third kappa shape index (κ3) is 8.27. The van der Waals surface area contributed by atoms with Crippen LogP contribution < -0.4 is 16.0 Å². The number of rotatable bonds is 5. The molecule has 1 rings (SSSR count). The van der Waals surface area contributed by atoms with Crippen LogP contribution in [0.15, 0.2) is 0 Å². The van der Waals surface area contributed by atoms with Gasteiger partial charge >= 0.3 is 6.09 Å². The third-order valence-corrected chi connectivity index (χ3v) is 3.40. The maximum atomic E-state index is 11.8. The van der Waals surface area contributed by atoms with Crippen molar-refractivity contribution in [2.24, 2.45) is 0 Å². The quantitative estimate of drug-likeness (QED) is 0.682. The zero-order valence-electron chi connectivity index (χ0n) is 14.5. The highest BCUT2D eigenvalue weighted by Crippen LogP contribution is 2.19. The van der Waals surface area contributed by atoms with E-state index in [1.807, 2.05) is 20.8 Å². The molecule has 2 atom stereocenters. The van der Waals surface area contributed by atoms with Gasteiger partial charge in [0.2, 0.25) is 0 Å². The van der Waals surface area contributed by atoms with Gasteiger partial charge in [-0.25, -0.2) is 4.79 Å². The van der Waals surface area contributed by atoms with Crippen LogP contribution in [0, 0.1) is 0 Å². The zero-order chi connectivity index (χ0) is 16.1. The van der Waals surface area contributed by atoms with Gasteiger partial charge in [0.05, 0.1) is 0 Å². The highest BCUT2D eigenvalue weighted by Gasteiger charge is 2.29. The van der Waals surface area contributed by atoms with Crippen molar-refractivity contribution in [3.8, 4) is 0 Å². The molecule has 0 bridgehead atoms. The number of hydrogen-bond donors (Lipinski definition) is 3. The molecule has 1 amide bonds. The number of alkyl carbamates (subject to hydrolysis) is 1. The first kappa shape index (κ1) is 18.2. The Hall–Kier alpha value is -0.810. The molecule has 124 valence electrons. The summed E-state index contributed by atoms with van der Waals surface area (Å²) in [5.41, 5.74) is -0.298. The topological polar surface area (TPSA) is 62.4 Å². The summed E-state index contributed by atoms with van der Waals surface area (Å²) >= 11 is 0. The van der Waals surface area contributed by atoms with Crippen molar-refractivity contribution < 1.29 is 9.53 Å². The van der Waals surface area contributed by atoms with Crippen LogP contribution in [0.4, 0.5) is 4.79 Å². The number of carbonyl (C=O) groups is 1. The molecule has 2 unspecified atom stereocenters. The smallest absolute Gasteiger partial charge is 0.407 e. The molecule has 1 aliphatic rings. The standard InChI is InChI=1S/C16H33N3O2/c1-15(2,3)18-11-10-17-12-8-7-9-13(12)19-14(20)21-16(4,5)6/h12-13,17-18H,7-11H2,1-6H3,(H,19,20). The summed E-state index contributed by atoms with van der Waals surface area (Å²) in [7, 11) is 0. The largest absolute Gasteiger partial charge is 0.444 e. The van der Waals surface area contributed by atoms with Crippen LogP contribution in [0.5, 0.6) is 0 Å². The van der Waals surface area contributed by atoms with Crippen molar-refractivity contribution in [2.75, 3.05) is 13.1 Å². The Morgan fingerprint density at radius 2 is 1.67 bits per heavy atom. The molecule has 0 aromatic heterocycles. The molecule has 0 radical (unpaired) electrons. The van der Waals surface area contributed by atoms with E-state index < -0.39 is 5.60 Å². The molecule has 5 heteroatoms. The van der Waals surface area contributed by atoms with Gasteiger partial charge in [-0.2, -0.15) is 0 Å². The molecular weight excluding hydrogens is 266 g/mol. The van der Waals surface area contributed by atoms with Crippen LogP contribution in [0.1, 0.15) is 60.8 Å². The predicted octanol–water partition coefficient (Wildman–Crippen LogP) is 2.41. The molecule has 21 heavy (non-hydrogen) atoms. The number of hydrogen-bond acceptors (Lipinski definition) is 4. The van der Waals surface area contributed by atoms with E-state index >= 15 is 0 Å². The van der Waals surface area contributed by atoms with Crippen molar-refractivity contribution in [3.05, 3.63) is 0 Å². The van der Waals surface area contributed by atoms with E-state index in [0.717, 1.165) is 32.4 Å². The van der Waals surface area contributed by atoms with Gasteiger partial charge in [0.25, 0.3) is 0 Å². The third-order valence-electron chi connectivity index (χ3n) is 3.40. The van der Waals surface area contributed by atoms with E-state index in [0.29, 0.717) is 6.04 Å². The number of carbonyl (C=O) groups excluding carboxylic acids is 1. The summed E-state index contributed by atoms with van der Waals surface area (Å²) in [6, 6.07) is 0.522. The van der Waals surface area contributed by atoms with Gasteiger partial charge in [0.15, 0.2) is 0 Å². The van der Waals surface area contributed by atoms with Gasteiger partial charge in [0.1, 0.15) is 5.60 Å². The normalized spacial score (nSPS) is 23.1. The average molecular weight is 299 g/mol. The molecule has 0 aliphatic heterocycles. The van der Waals surface area contributed by atoms with Crippen molar-refractivity contribution in [1.29, 1.82) is 0 Å². The summed E-state index contributed by atoms with van der Waals surface area (Å²) in [6.07, 6.45) is 2.96. The SMILES string of the molecule is CC(C)(C)NCCNC1CCCC1NC(=O)OC(C)(C)C. The maximum absolute atomic E-state index is 11.8. The Bertz CT molecular complexity index is 331. The van der Waals surface area contributed by atoms with Crippen LogP contribution >= 0.6 is 0 Å². The summed E-state index contributed by atoms with van der Waals surface area (Å²) < 4.78 is 5.33. The van der Waals surface area contributed by atoms with Crippen LogP contribution in [-0.4, -0.2) is 42.4 Å². The number of nitrogens with one attached hydrogen (secondary N) is 3. The minimum atomic E-state index is -0.442. The lowest BCUT2D eigenvalue weighted by atomic mass is 10.1. The zero-order valence-corrected chi connectivity index (χ0v) is 14.5. The average Bonchev–Trinajstić information content (AvgIpc) is 2.68. The van der Waals surface area contributed by atoms with E-state index in [9.17, 15) is 4.79 Å². The molecule has 0 saturated heterocycles. The molecule has 1 fully saturated rings. The molecule has 3 N–H and O–H groups in total. The summed E-state index contributed by atoms with van der Waals surface area (Å²) in [4.78, 5) is 11.8. The van der Waals surface area contributed by atoms with E-state index in [1.165, 1.54) is 0 Å². The Labute approximate surface area is 129 Å². The lowest BCUT2D eigenvalue weighted by Crippen LogP contribution is -2.50. The van der Waals surface area contributed by atoms with Gasteiger partial charge in [-0.3, -0.25) is 0 Å². The minimum absolute atomic E-state index is 0.144.